The highest BCUT2D eigenvalue weighted by Gasteiger charge is 2.51. The molecule has 202 valence electrons. The van der Waals surface area contributed by atoms with Crippen molar-refractivity contribution in [3.63, 3.8) is 0 Å². The lowest BCUT2D eigenvalue weighted by Crippen LogP contribution is -2.43. The number of nitrogens with zero attached hydrogens (tertiary/aromatic N) is 2. The monoisotopic (exact) mass is 547 g/mol. The van der Waals surface area contributed by atoms with Gasteiger partial charge >= 0.3 is 6.18 Å². The van der Waals surface area contributed by atoms with E-state index in [1.54, 1.807) is 19.1 Å². The zero-order chi connectivity index (χ0) is 27.3. The van der Waals surface area contributed by atoms with E-state index in [0.717, 1.165) is 31.4 Å². The van der Waals surface area contributed by atoms with Crippen LogP contribution in [0, 0.1) is 24.2 Å². The van der Waals surface area contributed by atoms with Crippen molar-refractivity contribution < 1.29 is 31.1 Å². The topological polar surface area (TPSA) is 109 Å². The van der Waals surface area contributed by atoms with E-state index in [2.05, 4.69) is 16.4 Å². The second-order valence-electron chi connectivity index (χ2n) is 10.6. The number of hydrogen-bond donors (Lipinski definition) is 1. The molecule has 1 heterocycles. The molecule has 0 saturated heterocycles. The SMILES string of the molecule is Cc1cc(-c2ccc(S(=O)(=O)[C@H]3C[C@@H](OC4CCC4)[C@H](C(=O)NC4(C#N)CC4)C3)c(C(F)(F)F)c2)ccn1. The second-order valence-corrected chi connectivity index (χ2v) is 12.7. The standard InChI is InChI=1S/C27H28F3N3O4S/c1-16-11-18(7-10-32-16)17-5-6-24(22(12-17)27(28,29)30)38(35,36)20-13-21(23(14-20)37-19-3-2-4-19)25(34)33-26(15-31)8-9-26/h5-7,10-12,19-21,23H,2-4,8-9,13-14H2,1H3,(H,33,34)/t20-,21-,23-/m1/s1. The van der Waals surface area contributed by atoms with Crippen LogP contribution in [-0.4, -0.2) is 42.3 Å². The number of pyridine rings is 1. The summed E-state index contributed by atoms with van der Waals surface area (Å²) in [6, 6.07) is 8.49. The number of aromatic nitrogens is 1. The lowest BCUT2D eigenvalue weighted by molar-refractivity contribution is -0.140. The van der Waals surface area contributed by atoms with Gasteiger partial charge in [0.1, 0.15) is 5.54 Å². The Hall–Kier alpha value is -2.97. The number of benzene rings is 1. The van der Waals surface area contributed by atoms with E-state index in [1.807, 2.05) is 0 Å². The molecule has 3 aliphatic rings. The molecule has 11 heteroatoms. The van der Waals surface area contributed by atoms with Crippen LogP contribution in [0.15, 0.2) is 41.4 Å². The third-order valence-electron chi connectivity index (χ3n) is 7.80. The fourth-order valence-electron chi connectivity index (χ4n) is 5.19. The van der Waals surface area contributed by atoms with Crippen molar-refractivity contribution in [1.29, 1.82) is 5.26 Å². The predicted octanol–water partition coefficient (Wildman–Crippen LogP) is 4.74. The Morgan fingerprint density at radius 3 is 2.45 bits per heavy atom. The number of nitrogens with one attached hydrogen (secondary N) is 1. The molecule has 0 unspecified atom stereocenters. The molecule has 1 N–H and O–H groups in total. The number of alkyl halides is 3. The van der Waals surface area contributed by atoms with Gasteiger partial charge in [0.25, 0.3) is 0 Å². The molecule has 1 aromatic carbocycles. The number of carbonyl (C=O) groups is 1. The van der Waals surface area contributed by atoms with Crippen LogP contribution < -0.4 is 5.32 Å². The Bertz CT molecular complexity index is 1400. The van der Waals surface area contributed by atoms with E-state index in [-0.39, 0.29) is 24.5 Å². The molecule has 7 nitrogen and oxygen atoms in total. The minimum Gasteiger partial charge on any atom is -0.374 e. The van der Waals surface area contributed by atoms with E-state index in [4.69, 9.17) is 4.74 Å². The van der Waals surface area contributed by atoms with Gasteiger partial charge in [-0.2, -0.15) is 18.4 Å². The van der Waals surface area contributed by atoms with Gasteiger partial charge < -0.3 is 10.1 Å². The number of rotatable bonds is 7. The van der Waals surface area contributed by atoms with Crippen LogP contribution >= 0.6 is 0 Å². The Morgan fingerprint density at radius 2 is 1.87 bits per heavy atom. The van der Waals surface area contributed by atoms with Crippen molar-refractivity contribution in [3.05, 3.63) is 47.8 Å². The number of sulfone groups is 1. The third kappa shape index (κ3) is 5.16. The molecule has 1 amide bonds. The van der Waals surface area contributed by atoms with Gasteiger partial charge in [-0.25, -0.2) is 8.42 Å². The van der Waals surface area contributed by atoms with Crippen LogP contribution in [0.4, 0.5) is 13.2 Å². The van der Waals surface area contributed by atoms with Crippen molar-refractivity contribution in [1.82, 2.24) is 10.3 Å². The van der Waals surface area contributed by atoms with E-state index in [0.29, 0.717) is 24.1 Å². The maximum Gasteiger partial charge on any atom is 0.417 e. The van der Waals surface area contributed by atoms with E-state index in [1.165, 1.54) is 12.3 Å². The molecule has 3 atom stereocenters. The Labute approximate surface area is 219 Å². The Balaban J connectivity index is 1.46. The summed E-state index contributed by atoms with van der Waals surface area (Å²) in [5.41, 5.74) is -0.854. The summed E-state index contributed by atoms with van der Waals surface area (Å²) in [6.07, 6.45) is -0.973. The summed E-state index contributed by atoms with van der Waals surface area (Å²) in [6.45, 7) is 1.71. The molecule has 0 bridgehead atoms. The van der Waals surface area contributed by atoms with E-state index in [9.17, 15) is 31.6 Å². The fraction of sp³-hybridized carbons (Fsp3) is 0.519. The summed E-state index contributed by atoms with van der Waals surface area (Å²) in [5.74, 6) is -1.35. The third-order valence-corrected chi connectivity index (χ3v) is 10.0. The highest BCUT2D eigenvalue weighted by molar-refractivity contribution is 7.92. The number of amides is 1. The molecule has 38 heavy (non-hydrogen) atoms. The average Bonchev–Trinajstić information content (AvgIpc) is 3.47. The van der Waals surface area contributed by atoms with Gasteiger partial charge in [0, 0.05) is 11.9 Å². The minimum absolute atomic E-state index is 0.0843. The van der Waals surface area contributed by atoms with Gasteiger partial charge in [-0.05, 0) is 87.3 Å². The van der Waals surface area contributed by atoms with Crippen molar-refractivity contribution in [2.75, 3.05) is 0 Å². The first-order valence-corrected chi connectivity index (χ1v) is 14.2. The number of aryl methyl sites for hydroxylation is 1. The highest BCUT2D eigenvalue weighted by Crippen LogP contribution is 2.44. The number of ether oxygens (including phenoxy) is 1. The van der Waals surface area contributed by atoms with Crippen LogP contribution in [0.25, 0.3) is 11.1 Å². The van der Waals surface area contributed by atoms with Crippen molar-refractivity contribution in [2.24, 2.45) is 5.92 Å². The fourth-order valence-corrected chi connectivity index (χ4v) is 7.19. The van der Waals surface area contributed by atoms with Gasteiger partial charge in [-0.15, -0.1) is 0 Å². The smallest absolute Gasteiger partial charge is 0.374 e. The highest BCUT2D eigenvalue weighted by atomic mass is 32.2. The quantitative estimate of drug-likeness (QED) is 0.537. The van der Waals surface area contributed by atoms with Crippen LogP contribution in [0.3, 0.4) is 0 Å². The second kappa shape index (κ2) is 9.65. The molecule has 3 fully saturated rings. The van der Waals surface area contributed by atoms with Gasteiger partial charge in [0.2, 0.25) is 5.91 Å². The minimum atomic E-state index is -4.91. The zero-order valence-corrected chi connectivity index (χ0v) is 21.6. The Morgan fingerprint density at radius 1 is 1.16 bits per heavy atom. The summed E-state index contributed by atoms with van der Waals surface area (Å²) in [7, 11) is -4.47. The predicted molar refractivity (Wildman–Crippen MR) is 131 cm³/mol. The molecule has 2 aromatic rings. The molecule has 5 rings (SSSR count). The first kappa shape index (κ1) is 26.6. The van der Waals surface area contributed by atoms with Crippen LogP contribution in [0.1, 0.15) is 56.2 Å². The molecular formula is C27H28F3N3O4S. The van der Waals surface area contributed by atoms with Gasteiger partial charge in [-0.3, -0.25) is 9.78 Å². The summed E-state index contributed by atoms with van der Waals surface area (Å²) in [4.78, 5) is 16.4. The van der Waals surface area contributed by atoms with E-state index >= 15 is 0 Å². The van der Waals surface area contributed by atoms with Crippen molar-refractivity contribution >= 4 is 15.7 Å². The number of halogens is 3. The van der Waals surface area contributed by atoms with Crippen molar-refractivity contribution in [3.8, 4) is 17.2 Å². The van der Waals surface area contributed by atoms with Gasteiger partial charge in [-0.1, -0.05) is 6.07 Å². The average molecular weight is 548 g/mol. The van der Waals surface area contributed by atoms with Crippen molar-refractivity contribution in [2.45, 2.75) is 85.9 Å². The largest absolute Gasteiger partial charge is 0.417 e. The number of carbonyl (C=O) groups excluding carboxylic acids is 1. The Kier molecular flexibility index (Phi) is 6.76. The summed E-state index contributed by atoms with van der Waals surface area (Å²) >= 11 is 0. The molecule has 0 spiro atoms. The first-order valence-electron chi connectivity index (χ1n) is 12.7. The van der Waals surface area contributed by atoms with Gasteiger partial charge in [0.05, 0.1) is 39.9 Å². The van der Waals surface area contributed by atoms with Crippen LogP contribution in [-0.2, 0) is 25.5 Å². The molecule has 3 aliphatic carbocycles. The normalized spacial score (nSPS) is 24.9. The molecule has 3 saturated carbocycles. The van der Waals surface area contributed by atoms with Crippen LogP contribution in [0.2, 0.25) is 0 Å². The summed E-state index contributed by atoms with van der Waals surface area (Å²) in [5, 5.41) is 10.9. The molecule has 0 radical (unpaired) electrons. The number of hydrogen-bond acceptors (Lipinski definition) is 6. The van der Waals surface area contributed by atoms with Crippen LogP contribution in [0.5, 0.6) is 0 Å². The van der Waals surface area contributed by atoms with Gasteiger partial charge in [0.15, 0.2) is 9.84 Å². The maximum atomic E-state index is 14.2. The molecular weight excluding hydrogens is 519 g/mol. The zero-order valence-electron chi connectivity index (χ0n) is 20.8. The first-order chi connectivity index (χ1) is 17.9. The number of nitriles is 1. The van der Waals surface area contributed by atoms with E-state index < -0.39 is 55.2 Å². The molecule has 1 aromatic heterocycles. The lowest BCUT2D eigenvalue weighted by Gasteiger charge is -2.31. The maximum absolute atomic E-state index is 14.2. The lowest BCUT2D eigenvalue weighted by atomic mass is 9.95. The molecule has 0 aliphatic heterocycles. The summed E-state index contributed by atoms with van der Waals surface area (Å²) < 4.78 is 76.0.